The zero-order chi connectivity index (χ0) is 11.8. The summed E-state index contributed by atoms with van der Waals surface area (Å²) in [5, 5.41) is 16.4. The Balaban J connectivity index is 1.93. The maximum Gasteiger partial charge on any atom is 0.190 e. The summed E-state index contributed by atoms with van der Waals surface area (Å²) < 4.78 is 1.99. The molecule has 1 saturated carbocycles. The number of aryl methyl sites for hydroxylation is 1. The molecule has 0 atom stereocenters. The van der Waals surface area contributed by atoms with Crippen LogP contribution in [0.15, 0.2) is 5.16 Å². The first-order chi connectivity index (χ1) is 7.52. The molecule has 1 heterocycles. The van der Waals surface area contributed by atoms with Crippen LogP contribution < -0.4 is 5.73 Å². The molecule has 1 aliphatic rings. The molecule has 0 unspecified atom stereocenters. The normalized spacial score (nSPS) is 17.4. The van der Waals surface area contributed by atoms with Crippen LogP contribution in [0.5, 0.6) is 0 Å². The molecule has 0 radical (unpaired) electrons. The van der Waals surface area contributed by atoms with E-state index in [1.165, 1.54) is 12.8 Å². The molecular weight excluding hydrogens is 222 g/mol. The zero-order valence-corrected chi connectivity index (χ0v) is 10.5. The maximum absolute atomic E-state index is 7.35. The molecule has 0 amide bonds. The van der Waals surface area contributed by atoms with Gasteiger partial charge in [0, 0.05) is 19.2 Å². The maximum atomic E-state index is 7.35. The fraction of sp³-hybridized carbons (Fsp3) is 0.700. The molecule has 1 aliphatic carbocycles. The fourth-order valence-corrected chi connectivity index (χ4v) is 2.93. The number of rotatable bonds is 5. The minimum Gasteiger partial charge on any atom is -0.388 e. The Labute approximate surface area is 99.3 Å². The number of nitrogens with zero attached hydrogens (tertiary/aromatic N) is 3. The Hall–Kier alpha value is -1.04. The van der Waals surface area contributed by atoms with Crippen LogP contribution >= 0.6 is 11.8 Å². The molecule has 5 nitrogen and oxygen atoms in total. The Morgan fingerprint density at radius 3 is 2.69 bits per heavy atom. The van der Waals surface area contributed by atoms with Crippen LogP contribution in [0.2, 0.25) is 0 Å². The fourth-order valence-electron chi connectivity index (χ4n) is 1.68. The van der Waals surface area contributed by atoms with Crippen LogP contribution in [0.1, 0.15) is 25.1 Å². The van der Waals surface area contributed by atoms with E-state index in [-0.39, 0.29) is 5.41 Å². The number of thioether (sulfide) groups is 1. The van der Waals surface area contributed by atoms with Gasteiger partial charge in [-0.15, -0.1) is 10.2 Å². The minimum absolute atomic E-state index is 0.260. The van der Waals surface area contributed by atoms with Gasteiger partial charge in [-0.25, -0.2) is 0 Å². The summed E-state index contributed by atoms with van der Waals surface area (Å²) in [4.78, 5) is 0. The third-order valence-electron chi connectivity index (χ3n) is 3.08. The van der Waals surface area contributed by atoms with Gasteiger partial charge in [0.25, 0.3) is 0 Å². The second kappa shape index (κ2) is 4.08. The van der Waals surface area contributed by atoms with Gasteiger partial charge in [-0.2, -0.15) is 0 Å². The lowest BCUT2D eigenvalue weighted by atomic mass is 10.1. The van der Waals surface area contributed by atoms with Gasteiger partial charge >= 0.3 is 0 Å². The Morgan fingerprint density at radius 2 is 2.25 bits per heavy atom. The quantitative estimate of drug-likeness (QED) is 0.461. The monoisotopic (exact) mass is 239 g/mol. The van der Waals surface area contributed by atoms with E-state index in [0.29, 0.717) is 5.84 Å². The van der Waals surface area contributed by atoms with Crippen molar-refractivity contribution in [1.29, 1.82) is 5.41 Å². The van der Waals surface area contributed by atoms with E-state index < -0.39 is 0 Å². The third-order valence-corrected chi connectivity index (χ3v) is 4.45. The van der Waals surface area contributed by atoms with Crippen LogP contribution in [0.3, 0.4) is 0 Å². The van der Waals surface area contributed by atoms with Crippen molar-refractivity contribution < 1.29 is 0 Å². The summed E-state index contributed by atoms with van der Waals surface area (Å²) >= 11 is 1.72. The minimum atomic E-state index is 0.260. The Morgan fingerprint density at radius 1 is 1.56 bits per heavy atom. The highest BCUT2D eigenvalue weighted by Gasteiger charge is 2.43. The number of hydrogen-bond acceptors (Lipinski definition) is 4. The van der Waals surface area contributed by atoms with Crippen molar-refractivity contribution in [2.45, 2.75) is 31.3 Å². The van der Waals surface area contributed by atoms with Crippen molar-refractivity contribution in [3.63, 3.8) is 0 Å². The van der Waals surface area contributed by atoms with Gasteiger partial charge in [0.05, 0.1) is 5.84 Å². The van der Waals surface area contributed by atoms with Crippen LogP contribution in [0.25, 0.3) is 0 Å². The van der Waals surface area contributed by atoms with Gasteiger partial charge in [0.1, 0.15) is 5.82 Å². The van der Waals surface area contributed by atoms with Crippen molar-refractivity contribution in [2.75, 3.05) is 5.75 Å². The highest BCUT2D eigenvalue weighted by molar-refractivity contribution is 7.99. The molecule has 1 aromatic heterocycles. The summed E-state index contributed by atoms with van der Waals surface area (Å²) in [6.45, 7) is 1.94. The highest BCUT2D eigenvalue weighted by Crippen LogP contribution is 2.51. The van der Waals surface area contributed by atoms with E-state index in [2.05, 4.69) is 10.2 Å². The van der Waals surface area contributed by atoms with Crippen molar-refractivity contribution in [2.24, 2.45) is 18.2 Å². The van der Waals surface area contributed by atoms with Crippen LogP contribution in [0, 0.1) is 17.7 Å². The van der Waals surface area contributed by atoms with Crippen molar-refractivity contribution in [1.82, 2.24) is 14.8 Å². The molecule has 2 rings (SSSR count). The molecule has 3 N–H and O–H groups in total. The molecule has 1 fully saturated rings. The van der Waals surface area contributed by atoms with Gasteiger partial charge in [0.2, 0.25) is 0 Å². The van der Waals surface area contributed by atoms with Gasteiger partial charge < -0.3 is 10.3 Å². The summed E-state index contributed by atoms with van der Waals surface area (Å²) in [7, 11) is 1.97. The predicted molar refractivity (Wildman–Crippen MR) is 64.7 cm³/mol. The lowest BCUT2D eigenvalue weighted by Gasteiger charge is -2.12. The summed E-state index contributed by atoms with van der Waals surface area (Å²) in [6.07, 6.45) is 3.07. The van der Waals surface area contributed by atoms with Gasteiger partial charge in [-0.1, -0.05) is 11.8 Å². The van der Waals surface area contributed by atoms with Crippen molar-refractivity contribution >= 4 is 17.6 Å². The standard InChI is InChI=1S/C10H17N5S/c1-7-13-14-9(15(7)2)16-6-10(3-4-10)5-8(11)12/h3-6H2,1-2H3,(H3,11,12). The van der Waals surface area contributed by atoms with Crippen LogP contribution in [-0.4, -0.2) is 26.4 Å². The summed E-state index contributed by atoms with van der Waals surface area (Å²) in [6, 6.07) is 0. The molecule has 1 aromatic rings. The average molecular weight is 239 g/mol. The highest BCUT2D eigenvalue weighted by atomic mass is 32.2. The largest absolute Gasteiger partial charge is 0.388 e. The van der Waals surface area contributed by atoms with Gasteiger partial charge in [-0.05, 0) is 25.2 Å². The first-order valence-electron chi connectivity index (χ1n) is 5.34. The molecule has 16 heavy (non-hydrogen) atoms. The third kappa shape index (κ3) is 2.37. The topological polar surface area (TPSA) is 80.6 Å². The molecule has 6 heteroatoms. The molecule has 0 spiro atoms. The van der Waals surface area contributed by atoms with Gasteiger partial charge in [-0.3, -0.25) is 5.41 Å². The number of hydrogen-bond donors (Lipinski definition) is 2. The Bertz CT molecular complexity index is 407. The first-order valence-corrected chi connectivity index (χ1v) is 6.33. The lowest BCUT2D eigenvalue weighted by molar-refractivity contribution is 0.609. The molecule has 0 bridgehead atoms. The number of nitrogens with two attached hydrogens (primary N) is 1. The van der Waals surface area contributed by atoms with Crippen LogP contribution in [-0.2, 0) is 7.05 Å². The smallest absolute Gasteiger partial charge is 0.190 e. The van der Waals surface area contributed by atoms with E-state index in [1.807, 2.05) is 18.5 Å². The molecule has 88 valence electrons. The molecular formula is C10H17N5S. The van der Waals surface area contributed by atoms with E-state index in [1.54, 1.807) is 11.8 Å². The predicted octanol–water partition coefficient (Wildman–Crippen LogP) is 1.32. The van der Waals surface area contributed by atoms with Gasteiger partial charge in [0.15, 0.2) is 5.16 Å². The SMILES string of the molecule is Cc1nnc(SCC2(CC(=N)N)CC2)n1C. The van der Waals surface area contributed by atoms with Crippen molar-refractivity contribution in [3.8, 4) is 0 Å². The van der Waals surface area contributed by atoms with Crippen LogP contribution in [0.4, 0.5) is 0 Å². The number of amidine groups is 1. The average Bonchev–Trinajstić information content (AvgIpc) is 2.88. The van der Waals surface area contributed by atoms with Crippen molar-refractivity contribution in [3.05, 3.63) is 5.82 Å². The second-order valence-corrected chi connectivity index (χ2v) is 5.52. The second-order valence-electron chi connectivity index (χ2n) is 4.58. The lowest BCUT2D eigenvalue weighted by Crippen LogP contribution is -2.18. The summed E-state index contributed by atoms with van der Waals surface area (Å²) in [5.41, 5.74) is 5.72. The molecule has 0 aromatic carbocycles. The Kier molecular flexibility index (Phi) is 2.92. The zero-order valence-electron chi connectivity index (χ0n) is 9.66. The summed E-state index contributed by atoms with van der Waals surface area (Å²) in [5.74, 6) is 2.21. The molecule has 0 aliphatic heterocycles. The first kappa shape index (κ1) is 11.4. The number of aromatic nitrogens is 3. The van der Waals surface area contributed by atoms with E-state index in [9.17, 15) is 0 Å². The van der Waals surface area contributed by atoms with E-state index in [4.69, 9.17) is 11.1 Å². The number of nitrogens with one attached hydrogen (secondary N) is 1. The van der Waals surface area contributed by atoms with E-state index in [0.717, 1.165) is 23.2 Å². The van der Waals surface area contributed by atoms with E-state index >= 15 is 0 Å². The molecule has 0 saturated heterocycles.